The lowest BCUT2D eigenvalue weighted by Crippen LogP contribution is -2.50. The third-order valence-electron chi connectivity index (χ3n) is 6.41. The number of nitrogens with zero attached hydrogens (tertiary/aromatic N) is 3. The van der Waals surface area contributed by atoms with Crippen molar-refractivity contribution in [2.24, 2.45) is 11.5 Å². The van der Waals surface area contributed by atoms with E-state index in [1.807, 2.05) is 55.5 Å². The lowest BCUT2D eigenvalue weighted by molar-refractivity contribution is 0.0941. The van der Waals surface area contributed by atoms with Crippen LogP contribution in [0.3, 0.4) is 0 Å². The average Bonchev–Trinajstić information content (AvgIpc) is 3.28. The van der Waals surface area contributed by atoms with Crippen LogP contribution < -0.4 is 21.1 Å². The molecule has 2 aromatic carbocycles. The number of ether oxygens (including phenoxy) is 1. The van der Waals surface area contributed by atoms with Crippen LogP contribution in [0.25, 0.3) is 0 Å². The van der Waals surface area contributed by atoms with Crippen LogP contribution in [0.1, 0.15) is 58.2 Å². The van der Waals surface area contributed by atoms with Gasteiger partial charge in [-0.1, -0.05) is 24.3 Å². The number of hydrogen-bond donors (Lipinski definition) is 2. The maximum Gasteiger partial charge on any atom is 0.277 e. The van der Waals surface area contributed by atoms with Gasteiger partial charge in [0.1, 0.15) is 11.4 Å². The Balaban J connectivity index is 1.35. The summed E-state index contributed by atoms with van der Waals surface area (Å²) in [6.07, 6.45) is 9.75. The predicted octanol–water partition coefficient (Wildman–Crippen LogP) is 3.13. The van der Waals surface area contributed by atoms with E-state index < -0.39 is 5.66 Å². The Morgan fingerprint density at radius 3 is 2.44 bits per heavy atom. The van der Waals surface area contributed by atoms with Crippen molar-refractivity contribution in [1.29, 1.82) is 0 Å². The first kappa shape index (κ1) is 25.2. The maximum absolute atomic E-state index is 13.1. The number of hydrogen-bond acceptors (Lipinski definition) is 6. The molecule has 0 aliphatic carbocycles. The summed E-state index contributed by atoms with van der Waals surface area (Å²) in [5.74, 6) is 3.10. The summed E-state index contributed by atoms with van der Waals surface area (Å²) in [6, 6.07) is 15.8. The Hall–Kier alpha value is -3.93. The molecule has 0 saturated heterocycles. The number of carbonyl (C=O) groups excluding carboxylic acids is 2. The van der Waals surface area contributed by atoms with E-state index in [0.717, 1.165) is 29.0 Å². The molecule has 8 heteroatoms. The highest BCUT2D eigenvalue weighted by Crippen LogP contribution is 2.27. The zero-order valence-corrected chi connectivity index (χ0v) is 20.4. The summed E-state index contributed by atoms with van der Waals surface area (Å²) in [4.78, 5) is 26.2. The topological polar surface area (TPSA) is 116 Å². The van der Waals surface area contributed by atoms with Crippen molar-refractivity contribution in [1.82, 2.24) is 9.78 Å². The summed E-state index contributed by atoms with van der Waals surface area (Å²) >= 11 is 0. The van der Waals surface area contributed by atoms with Gasteiger partial charge in [-0.15, -0.1) is 12.3 Å². The maximum atomic E-state index is 13.1. The molecule has 0 spiro atoms. The quantitative estimate of drug-likeness (QED) is 0.259. The van der Waals surface area contributed by atoms with Crippen LogP contribution >= 0.6 is 0 Å². The lowest BCUT2D eigenvalue weighted by atomic mass is 10.0. The highest BCUT2D eigenvalue weighted by atomic mass is 16.5. The number of carbonyl (C=O) groups is 2. The smallest absolute Gasteiger partial charge is 0.277 e. The Bertz CT molecular complexity index is 1260. The molecule has 4 N–H and O–H groups in total. The molecule has 0 unspecified atom stereocenters. The van der Waals surface area contributed by atoms with Gasteiger partial charge in [-0.25, -0.2) is 0 Å². The molecule has 8 nitrogen and oxygen atoms in total. The van der Waals surface area contributed by atoms with E-state index >= 15 is 0 Å². The minimum atomic E-state index is -0.826. The van der Waals surface area contributed by atoms with Crippen LogP contribution in [0, 0.1) is 12.3 Å². The second-order valence-corrected chi connectivity index (χ2v) is 9.30. The van der Waals surface area contributed by atoms with Crippen molar-refractivity contribution in [3.63, 3.8) is 0 Å². The predicted molar refractivity (Wildman–Crippen MR) is 139 cm³/mol. The third kappa shape index (κ3) is 5.65. The fourth-order valence-corrected chi connectivity index (χ4v) is 4.38. The fraction of sp³-hybridized carbons (Fsp3) is 0.321. The first-order chi connectivity index (χ1) is 17.3. The number of terminal acetylenes is 1. The van der Waals surface area contributed by atoms with Crippen molar-refractivity contribution < 1.29 is 14.3 Å². The van der Waals surface area contributed by atoms with Crippen LogP contribution in [0.2, 0.25) is 0 Å². The molecule has 1 aliphatic heterocycles. The molecule has 3 aromatic rings. The molecular weight excluding hydrogens is 454 g/mol. The van der Waals surface area contributed by atoms with Crippen molar-refractivity contribution in [3.05, 3.63) is 77.1 Å². The molecule has 1 aromatic heterocycles. The average molecular weight is 486 g/mol. The van der Waals surface area contributed by atoms with E-state index in [1.165, 1.54) is 6.20 Å². The Morgan fingerprint density at radius 2 is 1.81 bits per heavy atom. The van der Waals surface area contributed by atoms with Gasteiger partial charge in [-0.3, -0.25) is 14.3 Å². The Labute approximate surface area is 211 Å². The first-order valence-corrected chi connectivity index (χ1v) is 12.0. The van der Waals surface area contributed by atoms with Crippen molar-refractivity contribution in [3.8, 4) is 18.1 Å². The zero-order valence-electron chi connectivity index (χ0n) is 20.4. The third-order valence-corrected chi connectivity index (χ3v) is 6.41. The van der Waals surface area contributed by atoms with Crippen LogP contribution in [0.15, 0.2) is 54.7 Å². The van der Waals surface area contributed by atoms with E-state index in [2.05, 4.69) is 11.0 Å². The van der Waals surface area contributed by atoms with E-state index in [4.69, 9.17) is 22.6 Å². The van der Waals surface area contributed by atoms with Gasteiger partial charge in [0.15, 0.2) is 6.29 Å². The normalized spacial score (nSPS) is 15.3. The van der Waals surface area contributed by atoms with Crippen molar-refractivity contribution in [2.75, 3.05) is 11.5 Å². The molecule has 0 radical (unpaired) electrons. The van der Waals surface area contributed by atoms with Gasteiger partial charge in [0.2, 0.25) is 0 Å². The molecule has 2 heterocycles. The number of nitrogens with two attached hydrogens (primary N) is 2. The summed E-state index contributed by atoms with van der Waals surface area (Å²) in [6.45, 7) is 2.92. The summed E-state index contributed by atoms with van der Waals surface area (Å²) in [7, 11) is 0. The van der Waals surface area contributed by atoms with Gasteiger partial charge in [-0.05, 0) is 55.2 Å². The highest BCUT2D eigenvalue weighted by Gasteiger charge is 2.33. The van der Waals surface area contributed by atoms with E-state index in [1.54, 1.807) is 9.58 Å². The fourth-order valence-electron chi connectivity index (χ4n) is 4.38. The van der Waals surface area contributed by atoms with Gasteiger partial charge >= 0.3 is 0 Å². The zero-order chi connectivity index (χ0) is 25.7. The number of fused-ring (bicyclic) bond motifs is 1. The van der Waals surface area contributed by atoms with Crippen LogP contribution in [-0.4, -0.2) is 40.3 Å². The lowest BCUT2D eigenvalue weighted by Gasteiger charge is -2.34. The van der Waals surface area contributed by atoms with Gasteiger partial charge in [0, 0.05) is 18.5 Å². The van der Waals surface area contributed by atoms with Crippen LogP contribution in [0.4, 0.5) is 5.69 Å². The molecule has 1 amide bonds. The Morgan fingerprint density at radius 1 is 1.14 bits per heavy atom. The minimum Gasteiger partial charge on any atom is -0.493 e. The molecule has 1 atom stereocenters. The molecule has 0 saturated carbocycles. The molecule has 0 bridgehead atoms. The minimum absolute atomic E-state index is 0.0798. The standard InChI is InChI=1S/C28H31N5O3/c1-3-4-13-28(29,30)14-15-36-25-11-7-22(8-12-25)16-21-5-9-24(10-6-21)33-20(2)18-32-26(27(33)35)23(19-34)17-31-32/h1,5-12,17,19-20H,4,13-16,18,29-30H2,2H3/t20-/m0/s1. The van der Waals surface area contributed by atoms with Crippen molar-refractivity contribution in [2.45, 2.75) is 50.9 Å². The number of rotatable bonds is 10. The SMILES string of the molecule is C#CCCC(N)(N)CCOc1ccc(Cc2ccc(N3C(=O)c4c(C=O)cnn4C[C@@H]3C)cc2)cc1. The number of amides is 1. The number of aldehydes is 1. The van der Waals surface area contributed by atoms with Gasteiger partial charge in [0.25, 0.3) is 5.91 Å². The molecular formula is C28H31N5O3. The van der Waals surface area contributed by atoms with E-state index in [-0.39, 0.29) is 11.9 Å². The Kier molecular flexibility index (Phi) is 7.53. The second kappa shape index (κ2) is 10.8. The van der Waals surface area contributed by atoms with E-state index in [0.29, 0.717) is 50.0 Å². The van der Waals surface area contributed by atoms with Crippen LogP contribution in [-0.2, 0) is 13.0 Å². The number of benzene rings is 2. The molecule has 0 fully saturated rings. The monoisotopic (exact) mass is 485 g/mol. The largest absolute Gasteiger partial charge is 0.493 e. The second-order valence-electron chi connectivity index (χ2n) is 9.30. The van der Waals surface area contributed by atoms with E-state index in [9.17, 15) is 9.59 Å². The summed E-state index contributed by atoms with van der Waals surface area (Å²) < 4.78 is 7.40. The summed E-state index contributed by atoms with van der Waals surface area (Å²) in [5, 5.41) is 4.17. The number of anilines is 1. The van der Waals surface area contributed by atoms with Gasteiger partial charge in [-0.2, -0.15) is 5.10 Å². The van der Waals surface area contributed by atoms with Gasteiger partial charge < -0.3 is 21.1 Å². The molecule has 1 aliphatic rings. The first-order valence-electron chi connectivity index (χ1n) is 12.0. The highest BCUT2D eigenvalue weighted by molar-refractivity contribution is 6.10. The summed E-state index contributed by atoms with van der Waals surface area (Å²) in [5.41, 5.74) is 15.0. The van der Waals surface area contributed by atoms with Crippen molar-refractivity contribution >= 4 is 17.9 Å². The van der Waals surface area contributed by atoms with Crippen LogP contribution in [0.5, 0.6) is 5.75 Å². The molecule has 4 rings (SSSR count). The molecule has 36 heavy (non-hydrogen) atoms. The number of aromatic nitrogens is 2. The molecule has 186 valence electrons. The van der Waals surface area contributed by atoms with Gasteiger partial charge in [0.05, 0.1) is 36.6 Å².